The van der Waals surface area contributed by atoms with Crippen LogP contribution >= 0.6 is 0 Å². The summed E-state index contributed by atoms with van der Waals surface area (Å²) < 4.78 is 8.76. The topological polar surface area (TPSA) is 0 Å². The number of hydrogen-bond donors (Lipinski definition) is 0. The Hall–Kier alpha value is 0.870. The fourth-order valence-corrected chi connectivity index (χ4v) is 12.3. The van der Waals surface area contributed by atoms with E-state index in [-0.39, 0.29) is 0 Å². The fourth-order valence-electron chi connectivity index (χ4n) is 1.50. The van der Waals surface area contributed by atoms with Crippen LogP contribution in [0.2, 0.25) is 21.4 Å². The second-order valence-corrected chi connectivity index (χ2v) is 35.4. The van der Waals surface area contributed by atoms with Gasteiger partial charge < -0.3 is 0 Å². The molecular weight excluding hydrogens is 287 g/mol. The molecule has 0 heterocycles. The molecule has 0 amide bonds. The molecular formula is C9H23Hf. The van der Waals surface area contributed by atoms with E-state index in [9.17, 15) is 0 Å². The van der Waals surface area contributed by atoms with E-state index < -0.39 is 18.5 Å². The average molecular weight is 310 g/mol. The van der Waals surface area contributed by atoms with Gasteiger partial charge in [-0.2, -0.15) is 0 Å². The average Bonchev–Trinajstić information content (AvgIpc) is 2.04. The second-order valence-electron chi connectivity index (χ2n) is 4.33. The van der Waals surface area contributed by atoms with Crippen molar-refractivity contribution in [2.24, 2.45) is 0 Å². The van der Waals surface area contributed by atoms with Crippen LogP contribution in [0.3, 0.4) is 0 Å². The SMILES string of the molecule is C[CH2][Hf]([CH3])([CH2]C)([CH2]C)[CH2]C. The van der Waals surface area contributed by atoms with Crippen molar-refractivity contribution in [2.75, 3.05) is 0 Å². The molecule has 0 aromatic rings. The van der Waals surface area contributed by atoms with E-state index in [1.807, 2.05) is 0 Å². The summed E-state index contributed by atoms with van der Waals surface area (Å²) in [6.45, 7) is 9.64. The monoisotopic (exact) mass is 311 g/mol. The Bertz CT molecular complexity index is 79.8. The van der Waals surface area contributed by atoms with Crippen molar-refractivity contribution in [3.63, 3.8) is 0 Å². The summed E-state index contributed by atoms with van der Waals surface area (Å²) in [5.41, 5.74) is 0. The molecule has 0 aromatic carbocycles. The zero-order valence-electron chi connectivity index (χ0n) is 8.33. The molecule has 0 saturated heterocycles. The van der Waals surface area contributed by atoms with E-state index in [0.717, 1.165) is 0 Å². The van der Waals surface area contributed by atoms with Gasteiger partial charge in [-0.1, -0.05) is 0 Å². The van der Waals surface area contributed by atoms with Gasteiger partial charge in [0, 0.05) is 0 Å². The first-order chi connectivity index (χ1) is 4.54. The first-order valence-electron chi connectivity index (χ1n) is 4.74. The van der Waals surface area contributed by atoms with Crippen LogP contribution in [0.1, 0.15) is 27.7 Å². The van der Waals surface area contributed by atoms with Crippen LogP contribution in [0.4, 0.5) is 0 Å². The molecule has 0 aromatic heterocycles. The van der Waals surface area contributed by atoms with Gasteiger partial charge in [0.1, 0.15) is 0 Å². The standard InChI is InChI=1S/4C2H5.CH3.Hf/c4*1-2;;/h4*1H2,2H3;1H3;. The summed E-state index contributed by atoms with van der Waals surface area (Å²) in [6.07, 6.45) is 0. The van der Waals surface area contributed by atoms with Gasteiger partial charge in [-0.15, -0.1) is 0 Å². The molecule has 0 fully saturated rings. The Kier molecular flexibility index (Phi) is 3.82. The molecule has 0 aliphatic rings. The number of rotatable bonds is 4. The maximum absolute atomic E-state index is 2.65. The Morgan fingerprint density at radius 2 is 0.900 bits per heavy atom. The van der Waals surface area contributed by atoms with Crippen LogP contribution < -0.4 is 0 Å². The molecule has 0 saturated carbocycles. The molecule has 0 nitrogen and oxygen atoms in total. The molecule has 10 heavy (non-hydrogen) atoms. The van der Waals surface area contributed by atoms with Crippen molar-refractivity contribution in [3.8, 4) is 0 Å². The van der Waals surface area contributed by atoms with Crippen LogP contribution in [0, 0.1) is 0 Å². The maximum atomic E-state index is 2.65. The van der Waals surface area contributed by atoms with Crippen molar-refractivity contribution < 1.29 is 18.5 Å². The quantitative estimate of drug-likeness (QED) is 0.672. The molecule has 0 spiro atoms. The van der Waals surface area contributed by atoms with Gasteiger partial charge in [-0.05, 0) is 0 Å². The summed E-state index contributed by atoms with van der Waals surface area (Å²) >= 11 is -2.11. The predicted octanol–water partition coefficient (Wildman–Crippen LogP) is 4.48. The van der Waals surface area contributed by atoms with Gasteiger partial charge >= 0.3 is 67.6 Å². The second kappa shape index (κ2) is 3.51. The molecule has 1 heteroatoms. The molecule has 0 unspecified atom stereocenters. The van der Waals surface area contributed by atoms with E-state index in [2.05, 4.69) is 32.4 Å². The summed E-state index contributed by atoms with van der Waals surface area (Å²) in [7, 11) is 0. The van der Waals surface area contributed by atoms with Crippen LogP contribution in [-0.4, -0.2) is 0 Å². The van der Waals surface area contributed by atoms with E-state index in [0.29, 0.717) is 0 Å². The normalized spacial score (nSPS) is 16.3. The fraction of sp³-hybridized carbons (Fsp3) is 1.00. The van der Waals surface area contributed by atoms with Crippen LogP contribution in [-0.2, 0) is 18.5 Å². The van der Waals surface area contributed by atoms with Gasteiger partial charge in [-0.25, -0.2) is 0 Å². The van der Waals surface area contributed by atoms with E-state index >= 15 is 0 Å². The molecule has 0 radical (unpaired) electrons. The molecule has 0 aliphatic heterocycles. The van der Waals surface area contributed by atoms with E-state index in [1.54, 1.807) is 0 Å². The van der Waals surface area contributed by atoms with Gasteiger partial charge in [0.25, 0.3) is 0 Å². The number of hydrogen-bond acceptors (Lipinski definition) is 0. The zero-order chi connectivity index (χ0) is 8.28. The van der Waals surface area contributed by atoms with Gasteiger partial charge in [-0.3, -0.25) is 0 Å². The van der Waals surface area contributed by atoms with Gasteiger partial charge in [0.05, 0.1) is 0 Å². The molecule has 0 atom stereocenters. The van der Waals surface area contributed by atoms with E-state index in [1.165, 1.54) is 16.7 Å². The summed E-state index contributed by atoms with van der Waals surface area (Å²) in [5.74, 6) is 0. The molecule has 0 bridgehead atoms. The molecule has 0 aliphatic carbocycles. The Labute approximate surface area is 67.5 Å². The first kappa shape index (κ1) is 10.9. The van der Waals surface area contributed by atoms with Crippen molar-refractivity contribution in [3.05, 3.63) is 0 Å². The van der Waals surface area contributed by atoms with Crippen molar-refractivity contribution in [1.82, 2.24) is 0 Å². The molecule has 0 N–H and O–H groups in total. The Morgan fingerprint density at radius 3 is 0.900 bits per heavy atom. The third-order valence-electron chi connectivity index (χ3n) is 4.41. The predicted molar refractivity (Wildman–Crippen MR) is 47.8 cm³/mol. The summed E-state index contributed by atoms with van der Waals surface area (Å²) in [6, 6.07) is 0. The van der Waals surface area contributed by atoms with Crippen molar-refractivity contribution in [1.29, 1.82) is 0 Å². The zero-order valence-corrected chi connectivity index (χ0v) is 11.9. The van der Waals surface area contributed by atoms with Gasteiger partial charge in [0.2, 0.25) is 0 Å². The minimum atomic E-state index is -2.11. The Balaban J connectivity index is 4.42. The summed E-state index contributed by atoms with van der Waals surface area (Å²) in [5, 5.41) is 0. The first-order valence-corrected chi connectivity index (χ1v) is 18.5. The van der Waals surface area contributed by atoms with E-state index in [4.69, 9.17) is 0 Å². The van der Waals surface area contributed by atoms with Crippen molar-refractivity contribution in [2.45, 2.75) is 49.1 Å². The molecule has 63 valence electrons. The van der Waals surface area contributed by atoms with Gasteiger partial charge in [0.15, 0.2) is 0 Å². The minimum absolute atomic E-state index is 1.53. The summed E-state index contributed by atoms with van der Waals surface area (Å²) in [4.78, 5) is 0. The molecule has 0 rings (SSSR count). The third kappa shape index (κ3) is 1.93. The Morgan fingerprint density at radius 1 is 0.700 bits per heavy atom. The van der Waals surface area contributed by atoms with Crippen molar-refractivity contribution >= 4 is 0 Å². The van der Waals surface area contributed by atoms with Crippen LogP contribution in [0.5, 0.6) is 0 Å². The third-order valence-corrected chi connectivity index (χ3v) is 36.1. The van der Waals surface area contributed by atoms with Crippen LogP contribution in [0.25, 0.3) is 0 Å². The van der Waals surface area contributed by atoms with Crippen LogP contribution in [0.15, 0.2) is 0 Å².